The van der Waals surface area contributed by atoms with Crippen molar-refractivity contribution in [2.75, 3.05) is 17.6 Å². The Bertz CT molecular complexity index is 1180. The molecule has 4 aromatic rings. The fraction of sp³-hybridized carbons (Fsp3) is 0.105. The van der Waals surface area contributed by atoms with Gasteiger partial charge in [-0.15, -0.1) is 5.10 Å². The molecule has 0 amide bonds. The molecule has 3 aromatic heterocycles. The normalized spacial score (nSPS) is 10.9. The number of nitrogens with zero attached hydrogens (tertiary/aromatic N) is 4. The minimum absolute atomic E-state index is 0.129. The van der Waals surface area contributed by atoms with Gasteiger partial charge in [-0.25, -0.2) is 9.78 Å². The first-order valence-corrected chi connectivity index (χ1v) is 8.73. The van der Waals surface area contributed by atoms with Gasteiger partial charge in [-0.05, 0) is 36.2 Å². The van der Waals surface area contributed by atoms with Gasteiger partial charge in [0.1, 0.15) is 5.82 Å². The van der Waals surface area contributed by atoms with Gasteiger partial charge in [0, 0.05) is 12.8 Å². The van der Waals surface area contributed by atoms with Crippen molar-refractivity contribution in [1.82, 2.24) is 19.6 Å². The Morgan fingerprint density at radius 1 is 1.28 bits per heavy atom. The van der Waals surface area contributed by atoms with Gasteiger partial charge in [-0.3, -0.25) is 0 Å². The van der Waals surface area contributed by atoms with Crippen LogP contribution in [-0.4, -0.2) is 43.4 Å². The zero-order chi connectivity index (χ0) is 20.4. The summed E-state index contributed by atoms with van der Waals surface area (Å²) in [6.45, 7) is 0.509. The Balaban J connectivity index is 1.57. The molecular weight excluding hydrogens is 374 g/mol. The number of benzene rings is 1. The summed E-state index contributed by atoms with van der Waals surface area (Å²) in [7, 11) is 0. The quantitative estimate of drug-likeness (QED) is 0.350. The number of nitrogen functional groups attached to an aromatic ring is 1. The van der Waals surface area contributed by atoms with Crippen LogP contribution in [0.15, 0.2) is 47.1 Å². The maximum absolute atomic E-state index is 10.9. The number of furan rings is 1. The number of rotatable bonds is 7. The van der Waals surface area contributed by atoms with E-state index in [1.165, 1.54) is 10.8 Å². The molecule has 29 heavy (non-hydrogen) atoms. The summed E-state index contributed by atoms with van der Waals surface area (Å²) < 4.78 is 6.69. The van der Waals surface area contributed by atoms with Crippen LogP contribution in [0.3, 0.4) is 0 Å². The molecule has 0 radical (unpaired) electrons. The van der Waals surface area contributed by atoms with Gasteiger partial charge in [0.15, 0.2) is 11.4 Å². The number of carboxylic acids is 1. The topological polar surface area (TPSA) is 155 Å². The number of hydrogen-bond acceptors (Lipinski definition) is 8. The lowest BCUT2D eigenvalue weighted by Gasteiger charge is -2.10. The van der Waals surface area contributed by atoms with Gasteiger partial charge in [-0.2, -0.15) is 9.50 Å². The highest BCUT2D eigenvalue weighted by Gasteiger charge is 2.17. The second kappa shape index (κ2) is 7.43. The maximum Gasteiger partial charge on any atom is 0.335 e. The van der Waals surface area contributed by atoms with Crippen molar-refractivity contribution in [3.63, 3.8) is 0 Å². The zero-order valence-corrected chi connectivity index (χ0v) is 15.2. The third-order valence-corrected chi connectivity index (χ3v) is 4.34. The van der Waals surface area contributed by atoms with E-state index in [0.29, 0.717) is 41.6 Å². The molecule has 4 rings (SSSR count). The van der Waals surface area contributed by atoms with E-state index < -0.39 is 5.97 Å². The Hall–Kier alpha value is -4.21. The Morgan fingerprint density at radius 3 is 2.72 bits per heavy atom. The van der Waals surface area contributed by atoms with E-state index in [2.05, 4.69) is 20.4 Å². The minimum atomic E-state index is -0.958. The fourth-order valence-electron chi connectivity index (χ4n) is 2.89. The lowest BCUT2D eigenvalue weighted by Crippen LogP contribution is -2.13. The van der Waals surface area contributed by atoms with Gasteiger partial charge < -0.3 is 26.0 Å². The van der Waals surface area contributed by atoms with Crippen molar-refractivity contribution in [2.24, 2.45) is 0 Å². The summed E-state index contributed by atoms with van der Waals surface area (Å²) in [5.74, 6) is 0.431. The first-order chi connectivity index (χ1) is 14.1. The number of aromatic nitrogens is 4. The average Bonchev–Trinajstić information content (AvgIpc) is 3.39. The van der Waals surface area contributed by atoms with Gasteiger partial charge in [-0.1, -0.05) is 12.1 Å². The number of anilines is 2. The van der Waals surface area contributed by atoms with Crippen LogP contribution in [0.25, 0.3) is 17.2 Å². The van der Waals surface area contributed by atoms with Crippen LogP contribution in [0.2, 0.25) is 0 Å². The summed E-state index contributed by atoms with van der Waals surface area (Å²) in [5, 5.41) is 24.2. The van der Waals surface area contributed by atoms with Gasteiger partial charge in [0.25, 0.3) is 0 Å². The SMILES string of the molecule is N=Cc1c(NCCc2ccc(C(=O)O)cc2)nc(N)n2nc(-c3ccco3)nc12. The summed E-state index contributed by atoms with van der Waals surface area (Å²) in [6.07, 6.45) is 3.30. The molecule has 10 nitrogen and oxygen atoms in total. The molecule has 0 atom stereocenters. The Labute approximate surface area is 164 Å². The second-order valence-corrected chi connectivity index (χ2v) is 6.20. The Morgan fingerprint density at radius 2 is 2.07 bits per heavy atom. The van der Waals surface area contributed by atoms with E-state index in [4.69, 9.17) is 20.7 Å². The largest absolute Gasteiger partial charge is 0.478 e. The van der Waals surface area contributed by atoms with Crippen molar-refractivity contribution in [1.29, 1.82) is 5.41 Å². The standard InChI is InChI=1S/C19H17N7O3/c20-10-13-15(22-8-7-11-3-5-12(6-4-11)18(27)28)24-19(21)26-17(13)23-16(25-26)14-2-1-9-29-14/h1-6,9-10,20,22H,7-8H2,(H2,21,24)(H,27,28). The van der Waals surface area contributed by atoms with E-state index >= 15 is 0 Å². The lowest BCUT2D eigenvalue weighted by molar-refractivity contribution is 0.0697. The lowest BCUT2D eigenvalue weighted by atomic mass is 10.1. The van der Waals surface area contributed by atoms with Crippen LogP contribution in [0.1, 0.15) is 21.5 Å². The number of aromatic carboxylic acids is 1. The molecule has 0 aliphatic heterocycles. The highest BCUT2D eigenvalue weighted by molar-refractivity contribution is 5.93. The number of hydrogen-bond donors (Lipinski definition) is 4. The highest BCUT2D eigenvalue weighted by atomic mass is 16.4. The van der Waals surface area contributed by atoms with Crippen molar-refractivity contribution < 1.29 is 14.3 Å². The summed E-state index contributed by atoms with van der Waals surface area (Å²) in [6, 6.07) is 10.1. The minimum Gasteiger partial charge on any atom is -0.478 e. The number of carbonyl (C=O) groups is 1. The maximum atomic E-state index is 10.9. The van der Waals surface area contributed by atoms with Gasteiger partial charge in [0.05, 0.1) is 17.4 Å². The summed E-state index contributed by atoms with van der Waals surface area (Å²) >= 11 is 0. The van der Waals surface area contributed by atoms with E-state index in [1.807, 2.05) is 0 Å². The second-order valence-electron chi connectivity index (χ2n) is 6.20. The van der Waals surface area contributed by atoms with Crippen LogP contribution in [-0.2, 0) is 6.42 Å². The van der Waals surface area contributed by atoms with Crippen LogP contribution in [0, 0.1) is 5.41 Å². The molecule has 1 aromatic carbocycles. The van der Waals surface area contributed by atoms with Crippen molar-refractivity contribution in [2.45, 2.75) is 6.42 Å². The molecule has 3 heterocycles. The van der Waals surface area contributed by atoms with Crippen molar-refractivity contribution in [3.05, 3.63) is 59.4 Å². The van der Waals surface area contributed by atoms with Crippen molar-refractivity contribution in [3.8, 4) is 11.6 Å². The number of carboxylic acid groups (broad SMARTS) is 1. The monoisotopic (exact) mass is 391 g/mol. The van der Waals surface area contributed by atoms with Crippen LogP contribution < -0.4 is 11.1 Å². The molecule has 0 saturated heterocycles. The van der Waals surface area contributed by atoms with E-state index in [-0.39, 0.29) is 11.5 Å². The predicted molar refractivity (Wildman–Crippen MR) is 106 cm³/mol. The molecule has 0 aliphatic carbocycles. The van der Waals surface area contributed by atoms with Crippen LogP contribution in [0.5, 0.6) is 0 Å². The van der Waals surface area contributed by atoms with Gasteiger partial charge in [0.2, 0.25) is 11.8 Å². The molecule has 0 spiro atoms. The van der Waals surface area contributed by atoms with E-state index in [1.54, 1.807) is 36.4 Å². The molecule has 10 heteroatoms. The molecular formula is C19H17N7O3. The molecule has 146 valence electrons. The molecule has 0 bridgehead atoms. The molecule has 0 unspecified atom stereocenters. The first-order valence-electron chi connectivity index (χ1n) is 8.73. The first kappa shape index (κ1) is 18.2. The number of nitrogens with two attached hydrogens (primary N) is 1. The van der Waals surface area contributed by atoms with Crippen molar-refractivity contribution >= 4 is 29.6 Å². The summed E-state index contributed by atoms with van der Waals surface area (Å²) in [5.41, 5.74) is 8.08. The third-order valence-electron chi connectivity index (χ3n) is 4.34. The van der Waals surface area contributed by atoms with Gasteiger partial charge >= 0.3 is 5.97 Å². The highest BCUT2D eigenvalue weighted by Crippen LogP contribution is 2.23. The van der Waals surface area contributed by atoms with E-state index in [9.17, 15) is 4.79 Å². The predicted octanol–water partition coefficient (Wildman–Crippen LogP) is 2.32. The summed E-state index contributed by atoms with van der Waals surface area (Å²) in [4.78, 5) is 19.7. The molecule has 0 aliphatic rings. The molecule has 0 saturated carbocycles. The zero-order valence-electron chi connectivity index (χ0n) is 15.2. The number of fused-ring (bicyclic) bond motifs is 1. The Kier molecular flexibility index (Phi) is 4.65. The third kappa shape index (κ3) is 3.50. The smallest absolute Gasteiger partial charge is 0.335 e. The average molecular weight is 391 g/mol. The number of nitrogens with one attached hydrogen (secondary N) is 2. The van der Waals surface area contributed by atoms with Crippen LogP contribution in [0.4, 0.5) is 11.8 Å². The van der Waals surface area contributed by atoms with Crippen LogP contribution >= 0.6 is 0 Å². The molecule has 5 N–H and O–H groups in total. The fourth-order valence-corrected chi connectivity index (χ4v) is 2.89. The van der Waals surface area contributed by atoms with E-state index in [0.717, 1.165) is 11.8 Å². The molecule has 0 fully saturated rings.